The number of hydrogen-bond donors (Lipinski definition) is 1. The second kappa shape index (κ2) is 7.76. The molecule has 0 bridgehead atoms. The van der Waals surface area contributed by atoms with E-state index in [2.05, 4.69) is 10.3 Å². The van der Waals surface area contributed by atoms with Gasteiger partial charge in [0, 0.05) is 22.5 Å². The molecular weight excluding hydrogens is 428 g/mol. The maximum absolute atomic E-state index is 13.3. The number of nitrogens with zero attached hydrogens (tertiary/aromatic N) is 3. The van der Waals surface area contributed by atoms with Gasteiger partial charge in [0.2, 0.25) is 0 Å². The predicted molar refractivity (Wildman–Crippen MR) is 122 cm³/mol. The van der Waals surface area contributed by atoms with E-state index in [1.807, 2.05) is 24.0 Å². The first kappa shape index (κ1) is 20.2. The van der Waals surface area contributed by atoms with Crippen molar-refractivity contribution in [1.29, 1.82) is 0 Å². The minimum absolute atomic E-state index is 0.000467. The molecule has 2 aromatic carbocycles. The number of hydrogen-bond acceptors (Lipinski definition) is 7. The van der Waals surface area contributed by atoms with Crippen molar-refractivity contribution in [3.05, 3.63) is 73.3 Å². The van der Waals surface area contributed by atoms with Crippen molar-refractivity contribution in [3.8, 4) is 5.75 Å². The van der Waals surface area contributed by atoms with Crippen LogP contribution < -0.4 is 29.8 Å². The van der Waals surface area contributed by atoms with Crippen LogP contribution in [0.4, 0.5) is 11.4 Å². The van der Waals surface area contributed by atoms with E-state index < -0.39 is 0 Å². The molecule has 1 amide bonds. The fourth-order valence-electron chi connectivity index (χ4n) is 3.86. The molecule has 0 saturated carbocycles. The third-order valence-electron chi connectivity index (χ3n) is 5.47. The zero-order valence-corrected chi connectivity index (χ0v) is 18.4. The fraction of sp³-hybridized carbons (Fsp3) is 0.217. The standard InChI is InChI=1S/C23H20N4O4S/c1-3-31-16-8-9-18-17(10-16)19(21(29)25-18)20-22(30)27-12-26(11-24-23(27)32-20)15-6-4-14(5-7-15)13(2)28/h4-10H,3,11-12H2,1-2H3,(H,25,29)/b20-19-. The molecule has 3 heterocycles. The molecular formula is C23H20N4O4S. The Bertz CT molecular complexity index is 1440. The van der Waals surface area contributed by atoms with Crippen molar-refractivity contribution >= 4 is 40.0 Å². The van der Waals surface area contributed by atoms with Gasteiger partial charge in [0.05, 0.1) is 12.2 Å². The smallest absolute Gasteiger partial charge is 0.272 e. The van der Waals surface area contributed by atoms with E-state index >= 15 is 0 Å². The zero-order valence-electron chi connectivity index (χ0n) is 17.5. The first-order valence-electron chi connectivity index (χ1n) is 10.2. The molecule has 32 heavy (non-hydrogen) atoms. The number of carbonyl (C=O) groups excluding carboxylic acids is 2. The molecule has 1 aromatic heterocycles. The second-order valence-corrected chi connectivity index (χ2v) is 8.48. The van der Waals surface area contributed by atoms with Gasteiger partial charge in [0.25, 0.3) is 11.5 Å². The average molecular weight is 449 g/mol. The number of nitrogens with one attached hydrogen (secondary N) is 1. The Morgan fingerprint density at radius 3 is 2.69 bits per heavy atom. The highest BCUT2D eigenvalue weighted by atomic mass is 32.1. The van der Waals surface area contributed by atoms with E-state index in [-0.39, 0.29) is 17.2 Å². The molecule has 8 nitrogen and oxygen atoms in total. The molecule has 0 spiro atoms. The van der Waals surface area contributed by atoms with Crippen LogP contribution in [0.2, 0.25) is 0 Å². The topological polar surface area (TPSA) is 93.0 Å². The quantitative estimate of drug-likeness (QED) is 0.614. The number of thiazole rings is 1. The highest BCUT2D eigenvalue weighted by molar-refractivity contribution is 7.07. The summed E-state index contributed by atoms with van der Waals surface area (Å²) in [7, 11) is 0. The van der Waals surface area contributed by atoms with E-state index in [0.29, 0.717) is 57.4 Å². The van der Waals surface area contributed by atoms with E-state index in [0.717, 1.165) is 5.69 Å². The van der Waals surface area contributed by atoms with E-state index in [4.69, 9.17) is 4.74 Å². The van der Waals surface area contributed by atoms with Gasteiger partial charge in [-0.3, -0.25) is 19.0 Å². The molecule has 0 fully saturated rings. The first-order valence-corrected chi connectivity index (χ1v) is 11.0. The molecule has 3 aromatic rings. The summed E-state index contributed by atoms with van der Waals surface area (Å²) < 4.78 is 7.51. The number of fused-ring (bicyclic) bond motifs is 2. The number of benzene rings is 2. The SMILES string of the molecule is CCOc1ccc2c(c1)/C(=c1/sc3n(c1=O)CN(c1ccc(C(C)=O)cc1)CN=3)C(=O)N2. The maximum atomic E-state index is 13.3. The lowest BCUT2D eigenvalue weighted by molar-refractivity contribution is -0.110. The molecule has 5 rings (SSSR count). The summed E-state index contributed by atoms with van der Waals surface area (Å²) in [6, 6.07) is 12.6. The van der Waals surface area contributed by atoms with Crippen molar-refractivity contribution in [2.75, 3.05) is 23.5 Å². The van der Waals surface area contributed by atoms with Crippen molar-refractivity contribution in [2.45, 2.75) is 20.5 Å². The molecule has 9 heteroatoms. The maximum Gasteiger partial charge on any atom is 0.272 e. The summed E-state index contributed by atoms with van der Waals surface area (Å²) in [4.78, 5) is 44.6. The highest BCUT2D eigenvalue weighted by Gasteiger charge is 2.28. The molecule has 0 saturated heterocycles. The average Bonchev–Trinajstić information content (AvgIpc) is 3.29. The van der Waals surface area contributed by atoms with Crippen molar-refractivity contribution in [2.24, 2.45) is 4.99 Å². The molecule has 2 aliphatic rings. The first-order chi connectivity index (χ1) is 15.5. The summed E-state index contributed by atoms with van der Waals surface area (Å²) in [5, 5.41) is 2.83. The Labute approximate surface area is 187 Å². The third-order valence-corrected chi connectivity index (χ3v) is 6.58. The van der Waals surface area contributed by atoms with Gasteiger partial charge >= 0.3 is 0 Å². The number of Topliss-reactive ketones (excluding diaryl/α,β-unsaturated/α-hetero) is 1. The van der Waals surface area contributed by atoms with Crippen molar-refractivity contribution in [3.63, 3.8) is 0 Å². The largest absolute Gasteiger partial charge is 0.494 e. The predicted octanol–water partition coefficient (Wildman–Crippen LogP) is 1.72. The van der Waals surface area contributed by atoms with Crippen LogP contribution in [0.3, 0.4) is 0 Å². The molecule has 0 aliphatic carbocycles. The number of amides is 1. The number of ether oxygens (including phenoxy) is 1. The van der Waals surface area contributed by atoms with E-state index in [1.54, 1.807) is 34.9 Å². The van der Waals surface area contributed by atoms with Gasteiger partial charge < -0.3 is 15.0 Å². The summed E-state index contributed by atoms with van der Waals surface area (Å²) in [5.41, 5.74) is 2.92. The lowest BCUT2D eigenvalue weighted by atomic mass is 10.1. The van der Waals surface area contributed by atoms with Crippen LogP contribution in [0.5, 0.6) is 5.75 Å². The molecule has 2 aliphatic heterocycles. The molecule has 162 valence electrons. The Kier molecular flexibility index (Phi) is 4.90. The number of ketones is 1. The van der Waals surface area contributed by atoms with Gasteiger partial charge in [-0.1, -0.05) is 11.3 Å². The van der Waals surface area contributed by atoms with E-state index in [1.165, 1.54) is 18.3 Å². The number of aromatic nitrogens is 1. The third kappa shape index (κ3) is 3.31. The second-order valence-electron chi connectivity index (χ2n) is 7.50. The van der Waals surface area contributed by atoms with Crippen LogP contribution in [0, 0.1) is 0 Å². The molecule has 0 atom stereocenters. The van der Waals surface area contributed by atoms with E-state index in [9.17, 15) is 14.4 Å². The Morgan fingerprint density at radius 1 is 1.19 bits per heavy atom. The van der Waals surface area contributed by atoms with Crippen LogP contribution in [0.25, 0.3) is 5.57 Å². The Morgan fingerprint density at radius 2 is 1.97 bits per heavy atom. The monoisotopic (exact) mass is 448 g/mol. The number of anilines is 2. The van der Waals surface area contributed by atoms with Gasteiger partial charge in [-0.15, -0.1) is 0 Å². The summed E-state index contributed by atoms with van der Waals surface area (Å²) in [6.07, 6.45) is 0. The summed E-state index contributed by atoms with van der Waals surface area (Å²) in [6.45, 7) is 4.62. The van der Waals surface area contributed by atoms with Gasteiger partial charge in [0.15, 0.2) is 10.6 Å². The molecule has 0 unspecified atom stereocenters. The Hall–Kier alpha value is -3.72. The van der Waals surface area contributed by atoms with Crippen LogP contribution in [-0.2, 0) is 11.5 Å². The minimum Gasteiger partial charge on any atom is -0.494 e. The van der Waals surface area contributed by atoms with Crippen LogP contribution >= 0.6 is 11.3 Å². The van der Waals surface area contributed by atoms with Gasteiger partial charge in [-0.05, 0) is 56.3 Å². The lowest BCUT2D eigenvalue weighted by Gasteiger charge is -2.25. The van der Waals surface area contributed by atoms with Crippen molar-refractivity contribution in [1.82, 2.24) is 4.57 Å². The summed E-state index contributed by atoms with van der Waals surface area (Å²) >= 11 is 1.22. The molecule has 1 N–H and O–H groups in total. The normalized spacial score (nSPS) is 16.2. The minimum atomic E-state index is -0.304. The molecule has 0 radical (unpaired) electrons. The fourth-order valence-corrected chi connectivity index (χ4v) is 4.92. The van der Waals surface area contributed by atoms with Crippen molar-refractivity contribution < 1.29 is 14.3 Å². The summed E-state index contributed by atoms with van der Waals surface area (Å²) in [5.74, 6) is 0.341. The van der Waals surface area contributed by atoms with Crippen LogP contribution in [0.15, 0.2) is 52.3 Å². The zero-order chi connectivity index (χ0) is 22.4. The van der Waals surface area contributed by atoms with Crippen LogP contribution in [-0.4, -0.2) is 29.5 Å². The number of carbonyl (C=O) groups is 2. The Balaban J connectivity index is 1.57. The lowest BCUT2D eigenvalue weighted by Crippen LogP contribution is -2.43. The highest BCUT2D eigenvalue weighted by Crippen LogP contribution is 2.33. The van der Waals surface area contributed by atoms with Crippen LogP contribution in [0.1, 0.15) is 29.8 Å². The van der Waals surface area contributed by atoms with Gasteiger partial charge in [0.1, 0.15) is 23.6 Å². The number of rotatable bonds is 4. The van der Waals surface area contributed by atoms with Gasteiger partial charge in [-0.25, -0.2) is 4.99 Å². The van der Waals surface area contributed by atoms with Gasteiger partial charge in [-0.2, -0.15) is 0 Å².